The van der Waals surface area contributed by atoms with Crippen molar-refractivity contribution in [3.63, 3.8) is 0 Å². The molecule has 0 unspecified atom stereocenters. The number of carbonyl (C=O) groups is 1. The molecular weight excluding hydrogens is 180 g/mol. The van der Waals surface area contributed by atoms with E-state index < -0.39 is 5.97 Å². The largest absolute Gasteiger partial charge is 0.481 e. The first kappa shape index (κ1) is 11.5. The summed E-state index contributed by atoms with van der Waals surface area (Å²) in [5, 5.41) is 8.81. The van der Waals surface area contributed by atoms with E-state index in [1.54, 1.807) is 0 Å². The third-order valence-corrected chi connectivity index (χ3v) is 2.86. The van der Waals surface area contributed by atoms with Crippen molar-refractivity contribution in [2.45, 2.75) is 45.6 Å². The molecule has 0 aromatic carbocycles. The minimum atomic E-state index is -0.631. The quantitative estimate of drug-likeness (QED) is 0.757. The lowest BCUT2D eigenvalue weighted by Gasteiger charge is -2.26. The molecule has 0 aromatic heterocycles. The summed E-state index contributed by atoms with van der Waals surface area (Å²) in [4.78, 5) is 10.7. The van der Waals surface area contributed by atoms with Gasteiger partial charge < -0.3 is 9.84 Å². The maximum atomic E-state index is 10.7. The van der Waals surface area contributed by atoms with Gasteiger partial charge in [0.25, 0.3) is 0 Å². The fourth-order valence-electron chi connectivity index (χ4n) is 1.90. The highest BCUT2D eigenvalue weighted by Crippen LogP contribution is 2.29. The predicted molar refractivity (Wildman–Crippen MR) is 54.2 cm³/mol. The highest BCUT2D eigenvalue weighted by molar-refractivity contribution is 5.69. The predicted octanol–water partition coefficient (Wildman–Crippen LogP) is 2.30. The fourth-order valence-corrected chi connectivity index (χ4v) is 1.90. The Balaban J connectivity index is 2.19. The molecule has 0 atom stereocenters. The van der Waals surface area contributed by atoms with Crippen molar-refractivity contribution in [2.24, 2.45) is 11.8 Å². The van der Waals surface area contributed by atoms with E-state index in [2.05, 4.69) is 0 Å². The molecule has 0 bridgehead atoms. The molecule has 3 nitrogen and oxygen atoms in total. The van der Waals surface area contributed by atoms with Crippen molar-refractivity contribution < 1.29 is 14.6 Å². The molecule has 1 fully saturated rings. The monoisotopic (exact) mass is 200 g/mol. The summed E-state index contributed by atoms with van der Waals surface area (Å²) in [7, 11) is 0. The summed E-state index contributed by atoms with van der Waals surface area (Å²) in [6, 6.07) is 0. The maximum Gasteiger partial charge on any atom is 0.306 e. The zero-order valence-electron chi connectivity index (χ0n) is 9.03. The van der Waals surface area contributed by atoms with Crippen molar-refractivity contribution >= 4 is 5.97 Å². The zero-order valence-corrected chi connectivity index (χ0v) is 9.03. The molecular formula is C11H20O3. The lowest BCUT2D eigenvalue weighted by Crippen LogP contribution is -2.24. The van der Waals surface area contributed by atoms with Gasteiger partial charge in [-0.15, -0.1) is 0 Å². The van der Waals surface area contributed by atoms with Crippen molar-refractivity contribution in [3.8, 4) is 0 Å². The van der Waals surface area contributed by atoms with Gasteiger partial charge in [0, 0.05) is 6.61 Å². The first-order valence-electron chi connectivity index (χ1n) is 5.44. The lowest BCUT2D eigenvalue weighted by atomic mass is 9.82. The van der Waals surface area contributed by atoms with E-state index in [1.807, 2.05) is 13.8 Å². The molecule has 0 saturated heterocycles. The minimum Gasteiger partial charge on any atom is -0.481 e. The normalized spacial score (nSPS) is 27.9. The first-order valence-corrected chi connectivity index (χ1v) is 5.44. The average molecular weight is 200 g/mol. The van der Waals surface area contributed by atoms with Crippen LogP contribution in [0.25, 0.3) is 0 Å². The third kappa shape index (κ3) is 3.66. The number of hydrogen-bond acceptors (Lipinski definition) is 2. The molecule has 1 aliphatic rings. The molecule has 0 aliphatic heterocycles. The van der Waals surface area contributed by atoms with Crippen molar-refractivity contribution in [1.82, 2.24) is 0 Å². The van der Waals surface area contributed by atoms with E-state index >= 15 is 0 Å². The first-order chi connectivity index (χ1) is 6.59. The minimum absolute atomic E-state index is 0.106. The van der Waals surface area contributed by atoms with Gasteiger partial charge in [-0.2, -0.15) is 0 Å². The average Bonchev–Trinajstić information content (AvgIpc) is 2.15. The second kappa shape index (κ2) is 5.35. The summed E-state index contributed by atoms with van der Waals surface area (Å²) in [6.07, 6.45) is 3.93. The molecule has 1 N–H and O–H groups in total. The van der Waals surface area contributed by atoms with Gasteiger partial charge in [0.2, 0.25) is 0 Å². The van der Waals surface area contributed by atoms with Crippen LogP contribution in [0.2, 0.25) is 0 Å². The summed E-state index contributed by atoms with van der Waals surface area (Å²) >= 11 is 0. The molecule has 82 valence electrons. The van der Waals surface area contributed by atoms with E-state index in [0.717, 1.165) is 32.3 Å². The number of aliphatic carboxylic acids is 1. The van der Waals surface area contributed by atoms with Gasteiger partial charge in [0.05, 0.1) is 12.0 Å². The van der Waals surface area contributed by atoms with Crippen LogP contribution in [0, 0.1) is 11.8 Å². The molecule has 0 aromatic rings. The Morgan fingerprint density at radius 3 is 2.36 bits per heavy atom. The Labute approximate surface area is 85.5 Å². The van der Waals surface area contributed by atoms with Gasteiger partial charge in [0.15, 0.2) is 0 Å². The second-order valence-corrected chi connectivity index (χ2v) is 4.44. The van der Waals surface area contributed by atoms with Crippen molar-refractivity contribution in [3.05, 3.63) is 0 Å². The Morgan fingerprint density at radius 1 is 1.36 bits per heavy atom. The molecule has 0 heterocycles. The summed E-state index contributed by atoms with van der Waals surface area (Å²) in [6.45, 7) is 4.86. The molecule has 1 saturated carbocycles. The van der Waals surface area contributed by atoms with E-state index in [0.29, 0.717) is 5.92 Å². The smallest absolute Gasteiger partial charge is 0.306 e. The topological polar surface area (TPSA) is 46.5 Å². The van der Waals surface area contributed by atoms with Crippen LogP contribution in [0.15, 0.2) is 0 Å². The molecule has 0 spiro atoms. The SMILES string of the molecule is CC(C)OCC1CCC(C(=O)O)CC1. The number of rotatable bonds is 4. The summed E-state index contributed by atoms with van der Waals surface area (Å²) in [5.74, 6) is -0.161. The van der Waals surface area contributed by atoms with Crippen LogP contribution >= 0.6 is 0 Å². The molecule has 1 aliphatic carbocycles. The van der Waals surface area contributed by atoms with Gasteiger partial charge in [-0.3, -0.25) is 4.79 Å². The van der Waals surface area contributed by atoms with Crippen LogP contribution in [-0.2, 0) is 9.53 Å². The molecule has 0 amide bonds. The van der Waals surface area contributed by atoms with E-state index in [9.17, 15) is 4.79 Å². The third-order valence-electron chi connectivity index (χ3n) is 2.86. The van der Waals surface area contributed by atoms with Crippen LogP contribution in [0.1, 0.15) is 39.5 Å². The van der Waals surface area contributed by atoms with E-state index in [1.165, 1.54) is 0 Å². The summed E-state index contributed by atoms with van der Waals surface area (Å²) < 4.78 is 5.53. The van der Waals surface area contributed by atoms with E-state index in [-0.39, 0.29) is 12.0 Å². The van der Waals surface area contributed by atoms with Gasteiger partial charge in [0.1, 0.15) is 0 Å². The van der Waals surface area contributed by atoms with Crippen LogP contribution in [0.5, 0.6) is 0 Å². The number of hydrogen-bond donors (Lipinski definition) is 1. The molecule has 3 heteroatoms. The highest BCUT2D eigenvalue weighted by atomic mass is 16.5. The number of carboxylic acids is 1. The Hall–Kier alpha value is -0.570. The second-order valence-electron chi connectivity index (χ2n) is 4.44. The number of carboxylic acid groups (broad SMARTS) is 1. The fraction of sp³-hybridized carbons (Fsp3) is 0.909. The molecule has 14 heavy (non-hydrogen) atoms. The number of ether oxygens (including phenoxy) is 1. The zero-order chi connectivity index (χ0) is 10.6. The highest BCUT2D eigenvalue weighted by Gasteiger charge is 2.25. The molecule has 0 radical (unpaired) electrons. The van der Waals surface area contributed by atoms with Crippen molar-refractivity contribution in [1.29, 1.82) is 0 Å². The standard InChI is InChI=1S/C11H20O3/c1-8(2)14-7-9-3-5-10(6-4-9)11(12)13/h8-10H,3-7H2,1-2H3,(H,12,13). The Morgan fingerprint density at radius 2 is 1.93 bits per heavy atom. The van der Waals surface area contributed by atoms with Crippen LogP contribution in [0.3, 0.4) is 0 Å². The van der Waals surface area contributed by atoms with Gasteiger partial charge >= 0.3 is 5.97 Å². The van der Waals surface area contributed by atoms with E-state index in [4.69, 9.17) is 9.84 Å². The Kier molecular flexibility index (Phi) is 4.39. The lowest BCUT2D eigenvalue weighted by molar-refractivity contribution is -0.143. The van der Waals surface area contributed by atoms with Gasteiger partial charge in [-0.1, -0.05) is 0 Å². The van der Waals surface area contributed by atoms with Crippen LogP contribution in [0.4, 0.5) is 0 Å². The van der Waals surface area contributed by atoms with Gasteiger partial charge in [-0.05, 0) is 45.4 Å². The Bertz CT molecular complexity index is 181. The maximum absolute atomic E-state index is 10.7. The molecule has 1 rings (SSSR count). The van der Waals surface area contributed by atoms with Crippen molar-refractivity contribution in [2.75, 3.05) is 6.61 Å². The van der Waals surface area contributed by atoms with Crippen LogP contribution < -0.4 is 0 Å². The summed E-state index contributed by atoms with van der Waals surface area (Å²) in [5.41, 5.74) is 0. The van der Waals surface area contributed by atoms with Gasteiger partial charge in [-0.25, -0.2) is 0 Å². The van der Waals surface area contributed by atoms with Crippen LogP contribution in [-0.4, -0.2) is 23.8 Å².